The van der Waals surface area contributed by atoms with Crippen molar-refractivity contribution in [3.8, 4) is 0 Å². The van der Waals surface area contributed by atoms with Crippen LogP contribution in [-0.2, 0) is 4.74 Å². The Bertz CT molecular complexity index is 171. The monoisotopic (exact) mass is 245 g/mol. The zero-order chi connectivity index (χ0) is 11.8. The van der Waals surface area contributed by atoms with Gasteiger partial charge in [0.25, 0.3) is 0 Å². The maximum absolute atomic E-state index is 5.63. The summed E-state index contributed by atoms with van der Waals surface area (Å²) in [5.41, 5.74) is 0. The molecule has 0 radical (unpaired) electrons. The number of nitrogens with one attached hydrogen (secondary N) is 1. The molecule has 0 aromatic carbocycles. The number of hydrogen-bond acceptors (Lipinski definition) is 3. The Morgan fingerprint density at radius 3 is 2.88 bits per heavy atom. The van der Waals surface area contributed by atoms with Crippen molar-refractivity contribution in [2.75, 3.05) is 18.9 Å². The van der Waals surface area contributed by atoms with Gasteiger partial charge in [0, 0.05) is 30.2 Å². The first-order valence-electron chi connectivity index (χ1n) is 6.69. The summed E-state index contributed by atoms with van der Waals surface area (Å²) in [7, 11) is 0. The Hall–Kier alpha value is 0.270. The second-order valence-electron chi connectivity index (χ2n) is 4.88. The van der Waals surface area contributed by atoms with Crippen molar-refractivity contribution < 1.29 is 4.74 Å². The smallest absolute Gasteiger partial charge is 0.0666 e. The Labute approximate surface area is 105 Å². The average molecular weight is 245 g/mol. The molecule has 0 spiro atoms. The van der Waals surface area contributed by atoms with Crippen LogP contribution in [0, 0.1) is 0 Å². The Morgan fingerprint density at radius 1 is 1.44 bits per heavy atom. The van der Waals surface area contributed by atoms with Gasteiger partial charge in [0.15, 0.2) is 0 Å². The second kappa shape index (κ2) is 8.37. The average Bonchev–Trinajstić information content (AvgIpc) is 2.77. The van der Waals surface area contributed by atoms with Crippen LogP contribution in [0.5, 0.6) is 0 Å². The van der Waals surface area contributed by atoms with Gasteiger partial charge >= 0.3 is 0 Å². The fraction of sp³-hybridized carbons (Fsp3) is 1.00. The van der Waals surface area contributed by atoms with Crippen LogP contribution >= 0.6 is 11.8 Å². The lowest BCUT2D eigenvalue weighted by molar-refractivity contribution is 0.129. The fourth-order valence-corrected chi connectivity index (χ4v) is 3.03. The van der Waals surface area contributed by atoms with E-state index in [4.69, 9.17) is 4.74 Å². The lowest BCUT2D eigenvalue weighted by atomic mass is 10.2. The third-order valence-corrected chi connectivity index (χ3v) is 4.37. The van der Waals surface area contributed by atoms with Crippen LogP contribution in [0.1, 0.15) is 46.5 Å². The van der Waals surface area contributed by atoms with Crippen LogP contribution in [0.25, 0.3) is 0 Å². The number of hydrogen-bond donors (Lipinski definition) is 1. The molecule has 1 heterocycles. The highest BCUT2D eigenvalue weighted by Gasteiger charge is 2.16. The zero-order valence-corrected chi connectivity index (χ0v) is 11.8. The van der Waals surface area contributed by atoms with E-state index >= 15 is 0 Å². The predicted octanol–water partition coefficient (Wildman–Crippen LogP) is 3.07. The van der Waals surface area contributed by atoms with Gasteiger partial charge in [-0.1, -0.05) is 20.3 Å². The first-order valence-corrected chi connectivity index (χ1v) is 7.73. The quantitative estimate of drug-likeness (QED) is 0.710. The van der Waals surface area contributed by atoms with E-state index < -0.39 is 0 Å². The van der Waals surface area contributed by atoms with Crippen molar-refractivity contribution in [3.63, 3.8) is 0 Å². The van der Waals surface area contributed by atoms with E-state index in [1.54, 1.807) is 0 Å². The van der Waals surface area contributed by atoms with Crippen LogP contribution in [0.3, 0.4) is 0 Å². The van der Waals surface area contributed by atoms with Crippen molar-refractivity contribution in [1.82, 2.24) is 5.32 Å². The van der Waals surface area contributed by atoms with E-state index in [-0.39, 0.29) is 0 Å². The predicted molar refractivity (Wildman–Crippen MR) is 73.3 cm³/mol. The summed E-state index contributed by atoms with van der Waals surface area (Å²) in [5, 5.41) is 4.29. The summed E-state index contributed by atoms with van der Waals surface area (Å²) in [6, 6.07) is 0.663. The molecule has 1 fully saturated rings. The SMILES string of the molecule is CCCC(C)NCC(C)SCC1CCCO1. The first-order chi connectivity index (χ1) is 7.72. The summed E-state index contributed by atoms with van der Waals surface area (Å²) in [5.74, 6) is 1.17. The fourth-order valence-electron chi connectivity index (χ4n) is 2.01. The highest BCUT2D eigenvalue weighted by Crippen LogP contribution is 2.19. The number of ether oxygens (including phenoxy) is 1. The van der Waals surface area contributed by atoms with Gasteiger partial charge in [-0.3, -0.25) is 0 Å². The third kappa shape index (κ3) is 6.12. The minimum atomic E-state index is 0.528. The lowest BCUT2D eigenvalue weighted by Crippen LogP contribution is -2.31. The molecule has 96 valence electrons. The molecule has 3 unspecified atom stereocenters. The Morgan fingerprint density at radius 2 is 2.25 bits per heavy atom. The Balaban J connectivity index is 1.99. The molecular formula is C13H27NOS. The van der Waals surface area contributed by atoms with Crippen LogP contribution in [-0.4, -0.2) is 36.3 Å². The molecule has 0 aromatic heterocycles. The molecular weight excluding hydrogens is 218 g/mol. The molecule has 2 nitrogen and oxygen atoms in total. The normalized spacial score (nSPS) is 24.6. The lowest BCUT2D eigenvalue weighted by Gasteiger charge is -2.18. The van der Waals surface area contributed by atoms with E-state index in [9.17, 15) is 0 Å². The molecule has 0 amide bonds. The standard InChI is InChI=1S/C13H27NOS/c1-4-6-11(2)14-9-12(3)16-10-13-7-5-8-15-13/h11-14H,4-10H2,1-3H3. The van der Waals surface area contributed by atoms with Crippen molar-refractivity contribution in [3.05, 3.63) is 0 Å². The molecule has 3 heteroatoms. The first kappa shape index (κ1) is 14.3. The highest BCUT2D eigenvalue weighted by molar-refractivity contribution is 7.99. The molecule has 1 aliphatic rings. The van der Waals surface area contributed by atoms with E-state index in [1.807, 2.05) is 11.8 Å². The molecule has 0 saturated carbocycles. The summed E-state index contributed by atoms with van der Waals surface area (Å²) in [4.78, 5) is 0. The van der Waals surface area contributed by atoms with Crippen molar-refractivity contribution in [1.29, 1.82) is 0 Å². The molecule has 3 atom stereocenters. The molecule has 1 rings (SSSR count). The molecule has 0 aliphatic carbocycles. The maximum Gasteiger partial charge on any atom is 0.0666 e. The summed E-state index contributed by atoms with van der Waals surface area (Å²) in [6.07, 6.45) is 5.60. The molecule has 16 heavy (non-hydrogen) atoms. The van der Waals surface area contributed by atoms with Crippen molar-refractivity contribution in [2.24, 2.45) is 0 Å². The number of rotatable bonds is 8. The van der Waals surface area contributed by atoms with Crippen molar-refractivity contribution in [2.45, 2.75) is 63.9 Å². The van der Waals surface area contributed by atoms with Gasteiger partial charge in [0.05, 0.1) is 6.10 Å². The second-order valence-corrected chi connectivity index (χ2v) is 6.35. The van der Waals surface area contributed by atoms with Crippen LogP contribution in [0.4, 0.5) is 0 Å². The Kier molecular flexibility index (Phi) is 7.50. The van der Waals surface area contributed by atoms with E-state index in [2.05, 4.69) is 26.1 Å². The zero-order valence-electron chi connectivity index (χ0n) is 11.0. The number of thioether (sulfide) groups is 1. The molecule has 1 aliphatic heterocycles. The third-order valence-electron chi connectivity index (χ3n) is 3.07. The van der Waals surface area contributed by atoms with Crippen LogP contribution in [0.2, 0.25) is 0 Å². The van der Waals surface area contributed by atoms with Gasteiger partial charge < -0.3 is 10.1 Å². The van der Waals surface area contributed by atoms with Crippen LogP contribution < -0.4 is 5.32 Å². The minimum Gasteiger partial charge on any atom is -0.377 e. The molecule has 0 bridgehead atoms. The van der Waals surface area contributed by atoms with Gasteiger partial charge in [-0.15, -0.1) is 0 Å². The maximum atomic E-state index is 5.63. The van der Waals surface area contributed by atoms with Crippen LogP contribution in [0.15, 0.2) is 0 Å². The largest absolute Gasteiger partial charge is 0.377 e. The van der Waals surface area contributed by atoms with Gasteiger partial charge in [-0.2, -0.15) is 11.8 Å². The van der Waals surface area contributed by atoms with Gasteiger partial charge in [-0.25, -0.2) is 0 Å². The van der Waals surface area contributed by atoms with Gasteiger partial charge in [0.2, 0.25) is 0 Å². The topological polar surface area (TPSA) is 21.3 Å². The summed E-state index contributed by atoms with van der Waals surface area (Å²) in [6.45, 7) is 8.93. The summed E-state index contributed by atoms with van der Waals surface area (Å²) >= 11 is 2.05. The molecule has 1 saturated heterocycles. The van der Waals surface area contributed by atoms with E-state index in [0.717, 1.165) is 13.2 Å². The minimum absolute atomic E-state index is 0.528. The van der Waals surface area contributed by atoms with Crippen molar-refractivity contribution >= 4 is 11.8 Å². The highest BCUT2D eigenvalue weighted by atomic mass is 32.2. The summed E-state index contributed by atoms with van der Waals surface area (Å²) < 4.78 is 5.63. The molecule has 1 N–H and O–H groups in total. The van der Waals surface area contributed by atoms with E-state index in [0.29, 0.717) is 17.4 Å². The van der Waals surface area contributed by atoms with E-state index in [1.165, 1.54) is 31.4 Å². The van der Waals surface area contributed by atoms with Gasteiger partial charge in [-0.05, 0) is 26.2 Å². The molecule has 0 aromatic rings. The van der Waals surface area contributed by atoms with Gasteiger partial charge in [0.1, 0.15) is 0 Å².